The average Bonchev–Trinajstić information content (AvgIpc) is 2.84. The molecule has 35 heavy (non-hydrogen) atoms. The molecular weight excluding hydrogens is 444 g/mol. The zero-order valence-electron chi connectivity index (χ0n) is 19.9. The quantitative estimate of drug-likeness (QED) is 0.404. The van der Waals surface area contributed by atoms with Gasteiger partial charge < -0.3 is 25.0 Å². The minimum Gasteiger partial charge on any atom is -0.384 e. The summed E-state index contributed by atoms with van der Waals surface area (Å²) in [6.07, 6.45) is 5.21. The number of anilines is 3. The van der Waals surface area contributed by atoms with Gasteiger partial charge in [0.05, 0.1) is 41.4 Å². The second-order valence-corrected chi connectivity index (χ2v) is 9.28. The van der Waals surface area contributed by atoms with Crippen LogP contribution >= 0.6 is 0 Å². The number of H-pyrrole nitrogens is 1. The molecule has 0 amide bonds. The van der Waals surface area contributed by atoms with Crippen LogP contribution in [-0.2, 0) is 10.3 Å². The highest BCUT2D eigenvalue weighted by Crippen LogP contribution is 2.29. The minimum atomic E-state index is -1.03. The van der Waals surface area contributed by atoms with Crippen molar-refractivity contribution in [2.45, 2.75) is 32.5 Å². The Morgan fingerprint density at radius 3 is 2.71 bits per heavy atom. The molecule has 0 radical (unpaired) electrons. The van der Waals surface area contributed by atoms with Crippen molar-refractivity contribution in [2.75, 3.05) is 29.9 Å². The van der Waals surface area contributed by atoms with E-state index in [0.717, 1.165) is 35.5 Å². The van der Waals surface area contributed by atoms with Gasteiger partial charge >= 0.3 is 0 Å². The van der Waals surface area contributed by atoms with Crippen LogP contribution < -0.4 is 15.8 Å². The lowest BCUT2D eigenvalue weighted by Crippen LogP contribution is -2.41. The molecule has 4 aromatic rings. The maximum Gasteiger partial charge on any atom is 0.259 e. The van der Waals surface area contributed by atoms with Crippen LogP contribution in [0.5, 0.6) is 0 Å². The summed E-state index contributed by atoms with van der Waals surface area (Å²) in [5.74, 6) is 1.31. The first kappa shape index (κ1) is 22.9. The molecule has 0 aliphatic carbocycles. The van der Waals surface area contributed by atoms with Crippen molar-refractivity contribution < 1.29 is 9.84 Å². The standard InChI is InChI=1S/C26H28N6O3/c1-16-15-32(10-11-35-16)22-7-5-19(14-29-22)30-24-23-17(8-9-27-25(23)33)12-20(31-24)18-4-6-21(28-13-18)26(2,3)34/h4-9,12-14,16,34H,10-11,15H2,1-3H3,(H,27,33)(H,30,31)/t16-/m1/s1. The number of hydrogen-bond acceptors (Lipinski definition) is 8. The average molecular weight is 473 g/mol. The molecule has 0 bridgehead atoms. The van der Waals surface area contributed by atoms with Gasteiger partial charge in [-0.25, -0.2) is 9.97 Å². The zero-order chi connectivity index (χ0) is 24.6. The summed E-state index contributed by atoms with van der Waals surface area (Å²) in [4.78, 5) is 31.4. The third-order valence-corrected chi connectivity index (χ3v) is 6.02. The van der Waals surface area contributed by atoms with E-state index in [1.165, 1.54) is 0 Å². The fraction of sp³-hybridized carbons (Fsp3) is 0.308. The summed E-state index contributed by atoms with van der Waals surface area (Å²) >= 11 is 0. The van der Waals surface area contributed by atoms with Gasteiger partial charge in [0.25, 0.3) is 5.56 Å². The molecule has 0 spiro atoms. The smallest absolute Gasteiger partial charge is 0.259 e. The summed E-state index contributed by atoms with van der Waals surface area (Å²) in [5.41, 5.74) is 1.46. The summed E-state index contributed by atoms with van der Waals surface area (Å²) in [6, 6.07) is 11.2. The molecule has 0 saturated carbocycles. The van der Waals surface area contributed by atoms with Gasteiger partial charge in [0.1, 0.15) is 17.2 Å². The highest BCUT2D eigenvalue weighted by molar-refractivity contribution is 5.95. The predicted molar refractivity (Wildman–Crippen MR) is 136 cm³/mol. The first-order chi connectivity index (χ1) is 16.8. The molecule has 1 fully saturated rings. The number of nitrogens with one attached hydrogen (secondary N) is 2. The van der Waals surface area contributed by atoms with Gasteiger partial charge in [-0.1, -0.05) is 0 Å². The molecule has 3 N–H and O–H groups in total. The summed E-state index contributed by atoms with van der Waals surface area (Å²) in [6.45, 7) is 7.71. The summed E-state index contributed by atoms with van der Waals surface area (Å²) in [7, 11) is 0. The van der Waals surface area contributed by atoms with Gasteiger partial charge in [-0.15, -0.1) is 0 Å². The Morgan fingerprint density at radius 2 is 2.03 bits per heavy atom. The summed E-state index contributed by atoms with van der Waals surface area (Å²) in [5, 5.41) is 14.7. The molecule has 4 aromatic heterocycles. The Balaban J connectivity index is 1.49. The molecular formula is C26H28N6O3. The maximum atomic E-state index is 12.7. The number of pyridine rings is 4. The van der Waals surface area contributed by atoms with E-state index in [0.29, 0.717) is 29.2 Å². The molecule has 9 heteroatoms. The van der Waals surface area contributed by atoms with Crippen molar-refractivity contribution in [3.63, 3.8) is 0 Å². The topological polar surface area (TPSA) is 116 Å². The Morgan fingerprint density at radius 1 is 1.17 bits per heavy atom. The number of hydrogen-bond donors (Lipinski definition) is 3. The van der Waals surface area contributed by atoms with E-state index >= 15 is 0 Å². The maximum absolute atomic E-state index is 12.7. The van der Waals surface area contributed by atoms with E-state index in [9.17, 15) is 9.90 Å². The lowest BCUT2D eigenvalue weighted by Gasteiger charge is -2.32. The lowest BCUT2D eigenvalue weighted by atomic mass is 10.0. The highest BCUT2D eigenvalue weighted by Gasteiger charge is 2.19. The molecule has 180 valence electrons. The van der Waals surface area contributed by atoms with Crippen LogP contribution in [-0.4, -0.2) is 50.8 Å². The molecule has 1 atom stereocenters. The summed E-state index contributed by atoms with van der Waals surface area (Å²) < 4.78 is 5.62. The van der Waals surface area contributed by atoms with Gasteiger partial charge in [-0.05, 0) is 62.6 Å². The monoisotopic (exact) mass is 472 g/mol. The van der Waals surface area contributed by atoms with Crippen LogP contribution in [0.25, 0.3) is 22.0 Å². The van der Waals surface area contributed by atoms with Crippen LogP contribution in [0.15, 0.2) is 59.8 Å². The zero-order valence-corrected chi connectivity index (χ0v) is 19.9. The van der Waals surface area contributed by atoms with Gasteiger partial charge in [-0.2, -0.15) is 0 Å². The van der Waals surface area contributed by atoms with Crippen molar-refractivity contribution in [3.8, 4) is 11.3 Å². The molecule has 5 rings (SSSR count). The Kier molecular flexibility index (Phi) is 5.96. The van der Waals surface area contributed by atoms with Crippen LogP contribution in [0.1, 0.15) is 26.5 Å². The third kappa shape index (κ3) is 4.87. The number of rotatable bonds is 5. The van der Waals surface area contributed by atoms with E-state index in [1.54, 1.807) is 38.5 Å². The third-order valence-electron chi connectivity index (χ3n) is 6.02. The first-order valence-electron chi connectivity index (χ1n) is 11.6. The van der Waals surface area contributed by atoms with Crippen LogP contribution in [0, 0.1) is 0 Å². The minimum absolute atomic E-state index is 0.167. The van der Waals surface area contributed by atoms with Crippen LogP contribution in [0.3, 0.4) is 0 Å². The first-order valence-corrected chi connectivity index (χ1v) is 11.6. The molecule has 5 heterocycles. The molecule has 1 aliphatic rings. The molecule has 1 saturated heterocycles. The highest BCUT2D eigenvalue weighted by atomic mass is 16.5. The Bertz CT molecular complexity index is 1390. The predicted octanol–water partition coefficient (Wildman–Crippen LogP) is 3.58. The van der Waals surface area contributed by atoms with Gasteiger partial charge in [0.2, 0.25) is 0 Å². The Labute approximate surface area is 202 Å². The van der Waals surface area contributed by atoms with E-state index in [1.807, 2.05) is 30.3 Å². The molecule has 1 aliphatic heterocycles. The van der Waals surface area contributed by atoms with E-state index in [2.05, 4.69) is 32.1 Å². The lowest BCUT2D eigenvalue weighted by molar-refractivity contribution is 0.0529. The number of morpholine rings is 1. The largest absolute Gasteiger partial charge is 0.384 e. The van der Waals surface area contributed by atoms with Crippen LogP contribution in [0.4, 0.5) is 17.3 Å². The molecule has 0 unspecified atom stereocenters. The number of aliphatic hydroxyl groups is 1. The van der Waals surface area contributed by atoms with Crippen molar-refractivity contribution in [1.29, 1.82) is 0 Å². The van der Waals surface area contributed by atoms with Crippen molar-refractivity contribution >= 4 is 28.1 Å². The second kappa shape index (κ2) is 9.09. The molecule has 9 nitrogen and oxygen atoms in total. The number of fused-ring (bicyclic) bond motifs is 1. The fourth-order valence-corrected chi connectivity index (χ4v) is 4.17. The van der Waals surface area contributed by atoms with Gasteiger partial charge in [-0.3, -0.25) is 9.78 Å². The number of aromatic nitrogens is 4. The Hall–Kier alpha value is -3.82. The SMILES string of the molecule is C[C@@H]1CN(c2ccc(Nc3nc(-c4ccc(C(C)(C)O)nc4)cc4cc[nH]c(=O)c34)cn2)CCO1. The fourth-order valence-electron chi connectivity index (χ4n) is 4.17. The van der Waals surface area contributed by atoms with Crippen molar-refractivity contribution in [2.24, 2.45) is 0 Å². The van der Waals surface area contributed by atoms with Crippen molar-refractivity contribution in [1.82, 2.24) is 19.9 Å². The number of aromatic amines is 1. The van der Waals surface area contributed by atoms with E-state index in [4.69, 9.17) is 9.72 Å². The van der Waals surface area contributed by atoms with Crippen LogP contribution in [0.2, 0.25) is 0 Å². The number of nitrogens with zero attached hydrogens (tertiary/aromatic N) is 4. The second-order valence-electron chi connectivity index (χ2n) is 9.28. The van der Waals surface area contributed by atoms with Crippen molar-refractivity contribution in [3.05, 3.63) is 71.0 Å². The van der Waals surface area contributed by atoms with E-state index in [-0.39, 0.29) is 11.7 Å². The molecule has 0 aromatic carbocycles. The van der Waals surface area contributed by atoms with Gasteiger partial charge in [0, 0.05) is 31.0 Å². The van der Waals surface area contributed by atoms with E-state index < -0.39 is 5.60 Å². The number of ether oxygens (including phenoxy) is 1. The normalized spacial score (nSPS) is 16.5. The van der Waals surface area contributed by atoms with Gasteiger partial charge in [0.15, 0.2) is 0 Å².